The van der Waals surface area contributed by atoms with E-state index in [1.54, 1.807) is 13.0 Å². The maximum Gasteiger partial charge on any atom is 0.251 e. The molecule has 0 saturated carbocycles. The molecule has 1 aliphatic heterocycles. The number of nitrogens with one attached hydrogen (secondary N) is 1. The molecular formula is C14H14N4O2. The van der Waals surface area contributed by atoms with Gasteiger partial charge in [0.05, 0.1) is 18.0 Å². The standard InChI is InChI=1S/C14H14N4O2/c1-7-12(18-11(6-19)13(15)17-7)8-2-3-9-5-16-14(20)10(9)4-8/h2-4,19H,5-6H2,1H3,(H2,15,17)(H,16,20). The summed E-state index contributed by atoms with van der Waals surface area (Å²) in [5.74, 6) is 0.151. The first-order valence-electron chi connectivity index (χ1n) is 6.25. The number of nitrogen functional groups attached to an aromatic ring is 1. The summed E-state index contributed by atoms with van der Waals surface area (Å²) in [5.41, 5.74) is 9.76. The predicted molar refractivity (Wildman–Crippen MR) is 73.7 cm³/mol. The van der Waals surface area contributed by atoms with Crippen molar-refractivity contribution in [2.45, 2.75) is 20.1 Å². The Morgan fingerprint density at radius 1 is 1.40 bits per heavy atom. The van der Waals surface area contributed by atoms with Crippen LogP contribution >= 0.6 is 0 Å². The van der Waals surface area contributed by atoms with Crippen molar-refractivity contribution in [1.82, 2.24) is 15.3 Å². The van der Waals surface area contributed by atoms with E-state index in [0.29, 0.717) is 29.2 Å². The minimum absolute atomic E-state index is 0.0784. The highest BCUT2D eigenvalue weighted by atomic mass is 16.3. The van der Waals surface area contributed by atoms with Gasteiger partial charge in [0, 0.05) is 17.7 Å². The van der Waals surface area contributed by atoms with Crippen molar-refractivity contribution in [3.63, 3.8) is 0 Å². The lowest BCUT2D eigenvalue weighted by Crippen LogP contribution is -2.12. The highest BCUT2D eigenvalue weighted by Crippen LogP contribution is 2.26. The lowest BCUT2D eigenvalue weighted by Gasteiger charge is -2.09. The second-order valence-electron chi connectivity index (χ2n) is 4.70. The molecule has 4 N–H and O–H groups in total. The van der Waals surface area contributed by atoms with Crippen LogP contribution < -0.4 is 11.1 Å². The van der Waals surface area contributed by atoms with Gasteiger partial charge in [0.25, 0.3) is 5.91 Å². The molecule has 0 fully saturated rings. The molecule has 0 spiro atoms. The summed E-state index contributed by atoms with van der Waals surface area (Å²) in [4.78, 5) is 20.2. The molecule has 2 heterocycles. The van der Waals surface area contributed by atoms with Crippen LogP contribution in [-0.4, -0.2) is 21.0 Å². The number of nitrogens with zero attached hydrogens (tertiary/aromatic N) is 2. The normalized spacial score (nSPS) is 13.2. The summed E-state index contributed by atoms with van der Waals surface area (Å²) in [6, 6.07) is 5.60. The van der Waals surface area contributed by atoms with Gasteiger partial charge in [-0.1, -0.05) is 12.1 Å². The average molecular weight is 270 g/mol. The van der Waals surface area contributed by atoms with Crippen molar-refractivity contribution < 1.29 is 9.90 Å². The molecule has 6 heteroatoms. The summed E-state index contributed by atoms with van der Waals surface area (Å²) >= 11 is 0. The lowest BCUT2D eigenvalue weighted by atomic mass is 10.0. The summed E-state index contributed by atoms with van der Waals surface area (Å²) < 4.78 is 0. The van der Waals surface area contributed by atoms with Crippen LogP contribution in [0.3, 0.4) is 0 Å². The number of aliphatic hydroxyl groups is 1. The fraction of sp³-hybridized carbons (Fsp3) is 0.214. The number of carbonyl (C=O) groups excluding carboxylic acids is 1. The van der Waals surface area contributed by atoms with Crippen LogP contribution in [0.15, 0.2) is 18.2 Å². The maximum absolute atomic E-state index is 11.7. The summed E-state index contributed by atoms with van der Waals surface area (Å²) in [5, 5.41) is 12.0. The zero-order chi connectivity index (χ0) is 14.3. The first-order valence-corrected chi connectivity index (χ1v) is 6.25. The highest BCUT2D eigenvalue weighted by Gasteiger charge is 2.20. The van der Waals surface area contributed by atoms with E-state index in [1.807, 2.05) is 12.1 Å². The Morgan fingerprint density at radius 3 is 2.95 bits per heavy atom. The molecule has 1 amide bonds. The molecular weight excluding hydrogens is 256 g/mol. The number of fused-ring (bicyclic) bond motifs is 1. The van der Waals surface area contributed by atoms with E-state index in [2.05, 4.69) is 15.3 Å². The van der Waals surface area contributed by atoms with Crippen LogP contribution in [0.5, 0.6) is 0 Å². The molecule has 0 radical (unpaired) electrons. The number of anilines is 1. The van der Waals surface area contributed by atoms with E-state index in [0.717, 1.165) is 11.1 Å². The van der Waals surface area contributed by atoms with E-state index in [-0.39, 0.29) is 18.3 Å². The van der Waals surface area contributed by atoms with Crippen molar-refractivity contribution in [2.24, 2.45) is 0 Å². The molecule has 102 valence electrons. The highest BCUT2D eigenvalue weighted by molar-refractivity contribution is 5.99. The Balaban J connectivity index is 2.14. The molecule has 0 unspecified atom stereocenters. The van der Waals surface area contributed by atoms with Gasteiger partial charge < -0.3 is 16.2 Å². The number of carbonyl (C=O) groups is 1. The van der Waals surface area contributed by atoms with E-state index in [9.17, 15) is 9.90 Å². The summed E-state index contributed by atoms with van der Waals surface area (Å²) in [6.07, 6.45) is 0. The number of aryl methyl sites for hydroxylation is 1. The lowest BCUT2D eigenvalue weighted by molar-refractivity contribution is 0.0966. The minimum atomic E-state index is -0.266. The van der Waals surface area contributed by atoms with Gasteiger partial charge in [-0.2, -0.15) is 0 Å². The second-order valence-corrected chi connectivity index (χ2v) is 4.70. The molecule has 0 atom stereocenters. The molecule has 3 rings (SSSR count). The molecule has 0 saturated heterocycles. The third-order valence-electron chi connectivity index (χ3n) is 3.39. The first kappa shape index (κ1) is 12.6. The van der Waals surface area contributed by atoms with Gasteiger partial charge in [-0.05, 0) is 18.6 Å². The third kappa shape index (κ3) is 1.90. The van der Waals surface area contributed by atoms with Gasteiger partial charge in [-0.3, -0.25) is 4.79 Å². The molecule has 0 bridgehead atoms. The van der Waals surface area contributed by atoms with Gasteiger partial charge in [0.1, 0.15) is 11.5 Å². The number of hydrogen-bond donors (Lipinski definition) is 3. The third-order valence-corrected chi connectivity index (χ3v) is 3.39. The maximum atomic E-state index is 11.7. The number of aliphatic hydroxyl groups excluding tert-OH is 1. The molecule has 1 aromatic heterocycles. The molecule has 20 heavy (non-hydrogen) atoms. The number of aromatic nitrogens is 2. The van der Waals surface area contributed by atoms with Crippen LogP contribution in [0.25, 0.3) is 11.3 Å². The number of benzene rings is 1. The Kier molecular flexibility index (Phi) is 2.87. The molecule has 0 aliphatic carbocycles. The topological polar surface area (TPSA) is 101 Å². The Labute approximate surface area is 115 Å². The van der Waals surface area contributed by atoms with Crippen molar-refractivity contribution >= 4 is 11.7 Å². The second kappa shape index (κ2) is 4.57. The van der Waals surface area contributed by atoms with Crippen LogP contribution in [0.2, 0.25) is 0 Å². The zero-order valence-corrected chi connectivity index (χ0v) is 11.0. The van der Waals surface area contributed by atoms with E-state index in [1.165, 1.54) is 0 Å². The predicted octanol–water partition coefficient (Wildman–Crippen LogP) is 0.770. The van der Waals surface area contributed by atoms with Gasteiger partial charge in [-0.25, -0.2) is 9.97 Å². The van der Waals surface area contributed by atoms with Crippen molar-refractivity contribution in [3.05, 3.63) is 40.7 Å². The molecule has 6 nitrogen and oxygen atoms in total. The fourth-order valence-electron chi connectivity index (χ4n) is 2.32. The van der Waals surface area contributed by atoms with Crippen LogP contribution in [0.1, 0.15) is 27.3 Å². The zero-order valence-electron chi connectivity index (χ0n) is 11.0. The molecule has 1 aromatic carbocycles. The first-order chi connectivity index (χ1) is 9.60. The van der Waals surface area contributed by atoms with Gasteiger partial charge in [0.2, 0.25) is 0 Å². The van der Waals surface area contributed by atoms with Gasteiger partial charge >= 0.3 is 0 Å². The quantitative estimate of drug-likeness (QED) is 0.748. The van der Waals surface area contributed by atoms with Crippen molar-refractivity contribution in [1.29, 1.82) is 0 Å². The SMILES string of the molecule is Cc1nc(N)c(CO)nc1-c1ccc2c(c1)C(=O)NC2. The van der Waals surface area contributed by atoms with Gasteiger partial charge in [0.15, 0.2) is 0 Å². The van der Waals surface area contributed by atoms with Crippen molar-refractivity contribution in [2.75, 3.05) is 5.73 Å². The van der Waals surface area contributed by atoms with E-state index >= 15 is 0 Å². The smallest absolute Gasteiger partial charge is 0.251 e. The minimum Gasteiger partial charge on any atom is -0.390 e. The summed E-state index contributed by atoms with van der Waals surface area (Å²) in [6.45, 7) is 2.09. The molecule has 2 aromatic rings. The summed E-state index contributed by atoms with van der Waals surface area (Å²) in [7, 11) is 0. The Hall–Kier alpha value is -2.47. The van der Waals surface area contributed by atoms with Crippen LogP contribution in [0, 0.1) is 6.92 Å². The van der Waals surface area contributed by atoms with Crippen LogP contribution in [-0.2, 0) is 13.2 Å². The van der Waals surface area contributed by atoms with Crippen LogP contribution in [0.4, 0.5) is 5.82 Å². The number of nitrogens with two attached hydrogens (primary N) is 1. The monoisotopic (exact) mass is 270 g/mol. The number of rotatable bonds is 2. The Morgan fingerprint density at radius 2 is 2.20 bits per heavy atom. The van der Waals surface area contributed by atoms with Gasteiger partial charge in [-0.15, -0.1) is 0 Å². The van der Waals surface area contributed by atoms with E-state index < -0.39 is 0 Å². The Bertz CT molecular complexity index is 713. The molecule has 1 aliphatic rings. The van der Waals surface area contributed by atoms with Crippen molar-refractivity contribution in [3.8, 4) is 11.3 Å². The largest absolute Gasteiger partial charge is 0.390 e. The fourth-order valence-corrected chi connectivity index (χ4v) is 2.32. The van der Waals surface area contributed by atoms with E-state index in [4.69, 9.17) is 5.73 Å². The average Bonchev–Trinajstić information content (AvgIpc) is 2.80. The number of hydrogen-bond acceptors (Lipinski definition) is 5. The number of amides is 1.